The lowest BCUT2D eigenvalue weighted by atomic mass is 9.72. The summed E-state index contributed by atoms with van der Waals surface area (Å²) in [7, 11) is 0. The molecule has 0 bridgehead atoms. The first-order chi connectivity index (χ1) is 12.7. The molecule has 0 saturated carbocycles. The third-order valence-corrected chi connectivity index (χ3v) is 5.49. The first-order valence-corrected chi connectivity index (χ1v) is 8.75. The Bertz CT molecular complexity index is 573. The van der Waals surface area contributed by atoms with Gasteiger partial charge < -0.3 is 15.3 Å². The first-order valence-electron chi connectivity index (χ1n) is 8.75. The summed E-state index contributed by atoms with van der Waals surface area (Å²) in [4.78, 5) is 74.9. The number of hydrogen-bond donors (Lipinski definition) is 3. The van der Waals surface area contributed by atoms with Gasteiger partial charge >= 0.3 is 17.9 Å². The van der Waals surface area contributed by atoms with E-state index in [4.69, 9.17) is 0 Å². The molecule has 0 aromatic rings. The molecular formula is C18H27NO9. The highest BCUT2D eigenvalue weighted by Gasteiger charge is 2.69. The van der Waals surface area contributed by atoms with Crippen LogP contribution in [0.4, 0.5) is 0 Å². The van der Waals surface area contributed by atoms with Crippen LogP contribution in [0.25, 0.3) is 0 Å². The number of Topliss-reactive ketones (excluding diaryl/α,β-unsaturated/α-hetero) is 3. The number of carbonyl (C=O) groups excluding carboxylic acids is 3. The lowest BCUT2D eigenvalue weighted by Gasteiger charge is -2.54. The summed E-state index contributed by atoms with van der Waals surface area (Å²) in [5.41, 5.74) is -8.21. The molecule has 0 rings (SSSR count). The Morgan fingerprint density at radius 2 is 0.750 bits per heavy atom. The molecule has 3 N–H and O–H groups in total. The van der Waals surface area contributed by atoms with Gasteiger partial charge in [0.25, 0.3) is 0 Å². The summed E-state index contributed by atoms with van der Waals surface area (Å²) < 4.78 is 0. The lowest BCUT2D eigenvalue weighted by molar-refractivity contribution is -0.193. The Morgan fingerprint density at radius 3 is 0.821 bits per heavy atom. The van der Waals surface area contributed by atoms with Gasteiger partial charge in [0.2, 0.25) is 0 Å². The number of carboxylic acids is 3. The van der Waals surface area contributed by atoms with Gasteiger partial charge in [-0.05, 0) is 40.0 Å². The fraction of sp³-hybridized carbons (Fsp3) is 0.667. The smallest absolute Gasteiger partial charge is 0.331 e. The molecule has 0 radical (unpaired) electrons. The highest BCUT2D eigenvalue weighted by atomic mass is 16.4. The van der Waals surface area contributed by atoms with E-state index in [1.807, 2.05) is 0 Å². The largest absolute Gasteiger partial charge is 0.480 e. The third-order valence-electron chi connectivity index (χ3n) is 5.49. The van der Waals surface area contributed by atoms with E-state index in [1.54, 1.807) is 0 Å². The molecule has 158 valence electrons. The maximum atomic E-state index is 12.6. The minimum absolute atomic E-state index is 0.326. The third kappa shape index (κ3) is 3.21. The van der Waals surface area contributed by atoms with Crippen LogP contribution < -0.4 is 0 Å². The zero-order chi connectivity index (χ0) is 22.7. The summed E-state index contributed by atoms with van der Waals surface area (Å²) in [6, 6.07) is 0. The molecule has 10 heteroatoms. The zero-order valence-corrected chi connectivity index (χ0v) is 16.9. The average Bonchev–Trinajstić information content (AvgIpc) is 2.55. The first kappa shape index (κ1) is 25.4. The van der Waals surface area contributed by atoms with Gasteiger partial charge in [0, 0.05) is 0 Å². The predicted molar refractivity (Wildman–Crippen MR) is 95.9 cm³/mol. The summed E-state index contributed by atoms with van der Waals surface area (Å²) in [6.07, 6.45) is -1.70. The van der Waals surface area contributed by atoms with Gasteiger partial charge in [0.05, 0.1) is 0 Å². The summed E-state index contributed by atoms with van der Waals surface area (Å²) in [6.45, 7) is 6.30. The number of rotatable bonds is 12. The SMILES string of the molecule is CCC(C(C)=O)(C(=O)O)N(C(CC)(C(C)=O)C(=O)O)C(CC)(C(C)=O)C(=O)O. The van der Waals surface area contributed by atoms with E-state index in [0.717, 1.165) is 20.8 Å². The van der Waals surface area contributed by atoms with Crippen LogP contribution in [0.15, 0.2) is 0 Å². The van der Waals surface area contributed by atoms with Crippen molar-refractivity contribution in [3.05, 3.63) is 0 Å². The molecule has 0 aliphatic carbocycles. The van der Waals surface area contributed by atoms with E-state index in [9.17, 15) is 44.1 Å². The van der Waals surface area contributed by atoms with Gasteiger partial charge in [-0.3, -0.25) is 14.4 Å². The minimum atomic E-state index is -2.74. The van der Waals surface area contributed by atoms with E-state index in [-0.39, 0.29) is 0 Å². The molecule has 0 aliphatic rings. The van der Waals surface area contributed by atoms with Crippen molar-refractivity contribution in [1.29, 1.82) is 0 Å². The van der Waals surface area contributed by atoms with E-state index in [0.29, 0.717) is 4.90 Å². The van der Waals surface area contributed by atoms with Crippen molar-refractivity contribution >= 4 is 35.3 Å². The van der Waals surface area contributed by atoms with E-state index in [2.05, 4.69) is 0 Å². The fourth-order valence-electron chi connectivity index (χ4n) is 3.86. The number of carbonyl (C=O) groups is 6. The Balaban J connectivity index is 7.95. The molecule has 0 aromatic carbocycles. The molecule has 0 amide bonds. The number of nitrogens with zero attached hydrogens (tertiary/aromatic N) is 1. The van der Waals surface area contributed by atoms with Crippen molar-refractivity contribution in [2.45, 2.75) is 77.4 Å². The summed E-state index contributed by atoms with van der Waals surface area (Å²) in [5.74, 6) is -8.82. The molecule has 0 aliphatic heterocycles. The molecule has 0 spiro atoms. The number of hydrogen-bond acceptors (Lipinski definition) is 7. The average molecular weight is 401 g/mol. The highest BCUT2D eigenvalue weighted by molar-refractivity contribution is 6.16. The quantitative estimate of drug-likeness (QED) is 0.397. The van der Waals surface area contributed by atoms with E-state index >= 15 is 0 Å². The maximum absolute atomic E-state index is 12.6. The van der Waals surface area contributed by atoms with Gasteiger partial charge in [-0.15, -0.1) is 0 Å². The molecule has 0 saturated heterocycles. The maximum Gasteiger partial charge on any atom is 0.331 e. The Kier molecular flexibility index (Phi) is 7.79. The van der Waals surface area contributed by atoms with Crippen molar-refractivity contribution in [3.8, 4) is 0 Å². The molecular weight excluding hydrogens is 374 g/mol. The van der Waals surface area contributed by atoms with Gasteiger partial charge in [-0.25, -0.2) is 19.3 Å². The molecule has 0 aromatic heterocycles. The molecule has 0 fully saturated rings. The Hall–Kier alpha value is -2.62. The van der Waals surface area contributed by atoms with Crippen molar-refractivity contribution in [2.75, 3.05) is 0 Å². The van der Waals surface area contributed by atoms with E-state index in [1.165, 1.54) is 20.8 Å². The molecule has 10 nitrogen and oxygen atoms in total. The van der Waals surface area contributed by atoms with Crippen molar-refractivity contribution in [1.82, 2.24) is 4.90 Å². The monoisotopic (exact) mass is 401 g/mol. The second-order valence-corrected chi connectivity index (χ2v) is 6.56. The van der Waals surface area contributed by atoms with Gasteiger partial charge in [-0.2, -0.15) is 0 Å². The molecule has 28 heavy (non-hydrogen) atoms. The lowest BCUT2D eigenvalue weighted by Crippen LogP contribution is -2.81. The normalized spacial score (nSPS) is 17.7. The highest BCUT2D eigenvalue weighted by Crippen LogP contribution is 2.42. The van der Waals surface area contributed by atoms with Gasteiger partial charge in [0.15, 0.2) is 34.0 Å². The van der Waals surface area contributed by atoms with Crippen molar-refractivity contribution in [3.63, 3.8) is 0 Å². The molecule has 3 unspecified atom stereocenters. The van der Waals surface area contributed by atoms with Crippen LogP contribution >= 0.6 is 0 Å². The number of ketones is 3. The number of carboxylic acid groups (broad SMARTS) is 3. The van der Waals surface area contributed by atoms with Crippen LogP contribution in [0.1, 0.15) is 60.8 Å². The minimum Gasteiger partial charge on any atom is -0.480 e. The van der Waals surface area contributed by atoms with Gasteiger partial charge in [-0.1, -0.05) is 20.8 Å². The standard InChI is InChI=1S/C18H27NO9/c1-7-16(10(4)20,13(23)24)19(17(8-2,11(5)21)14(25)26)18(9-3,12(6)22)15(27)28/h7-9H2,1-6H3,(H,23,24)(H,25,26)(H,27,28). The van der Waals surface area contributed by atoms with Crippen molar-refractivity contribution < 1.29 is 44.1 Å². The predicted octanol–water partition coefficient (Wildman–Crippen LogP) is 0.756. The second-order valence-electron chi connectivity index (χ2n) is 6.56. The molecule has 3 atom stereocenters. The van der Waals surface area contributed by atoms with Crippen LogP contribution in [-0.2, 0) is 28.8 Å². The second kappa shape index (κ2) is 8.59. The Morgan fingerprint density at radius 1 is 0.571 bits per heavy atom. The zero-order valence-electron chi connectivity index (χ0n) is 16.9. The van der Waals surface area contributed by atoms with Crippen LogP contribution in [0.5, 0.6) is 0 Å². The van der Waals surface area contributed by atoms with Crippen LogP contribution in [0, 0.1) is 0 Å². The Labute approximate surface area is 162 Å². The number of aliphatic carboxylic acids is 3. The summed E-state index contributed by atoms with van der Waals surface area (Å²) in [5, 5.41) is 29.8. The van der Waals surface area contributed by atoms with Crippen LogP contribution in [-0.4, -0.2) is 72.1 Å². The van der Waals surface area contributed by atoms with Crippen molar-refractivity contribution in [2.24, 2.45) is 0 Å². The molecule has 0 heterocycles. The van der Waals surface area contributed by atoms with Crippen LogP contribution in [0.2, 0.25) is 0 Å². The van der Waals surface area contributed by atoms with Crippen LogP contribution in [0.3, 0.4) is 0 Å². The summed E-state index contributed by atoms with van der Waals surface area (Å²) >= 11 is 0. The van der Waals surface area contributed by atoms with Gasteiger partial charge in [0.1, 0.15) is 0 Å². The van der Waals surface area contributed by atoms with E-state index < -0.39 is 71.1 Å². The topological polar surface area (TPSA) is 166 Å². The fourth-order valence-corrected chi connectivity index (χ4v) is 3.86.